The summed E-state index contributed by atoms with van der Waals surface area (Å²) in [5.74, 6) is 3.05. The normalized spacial score (nSPS) is 40.1. The molecule has 0 heterocycles. The summed E-state index contributed by atoms with van der Waals surface area (Å²) in [6, 6.07) is 0. The van der Waals surface area contributed by atoms with Gasteiger partial charge in [-0.3, -0.25) is 0 Å². The van der Waals surface area contributed by atoms with Crippen LogP contribution in [0.4, 0.5) is 0 Å². The Morgan fingerprint density at radius 1 is 1.60 bits per heavy atom. The lowest BCUT2D eigenvalue weighted by Crippen LogP contribution is -2.19. The monoisotopic (exact) mass is 202 g/mol. The van der Waals surface area contributed by atoms with Crippen LogP contribution >= 0.6 is 0 Å². The number of carbonyl (C=O) groups excluding carboxylic acids is 1. The first-order valence-electron chi connectivity index (χ1n) is 5.52. The van der Waals surface area contributed by atoms with Crippen molar-refractivity contribution in [3.05, 3.63) is 36.6 Å². The first-order chi connectivity index (χ1) is 7.29. The summed E-state index contributed by atoms with van der Waals surface area (Å²) >= 11 is 0. The Labute approximate surface area is 89.3 Å². The summed E-state index contributed by atoms with van der Waals surface area (Å²) in [5, 5.41) is 0. The van der Waals surface area contributed by atoms with E-state index in [2.05, 4.69) is 24.8 Å². The topological polar surface area (TPSA) is 26.3 Å². The number of ether oxygens (including phenoxy) is 1. The molecule has 2 bridgehead atoms. The Bertz CT molecular complexity index is 378. The Kier molecular flexibility index (Phi) is 1.84. The highest BCUT2D eigenvalue weighted by molar-refractivity contribution is 5.82. The molecule has 3 aliphatic rings. The van der Waals surface area contributed by atoms with Gasteiger partial charge < -0.3 is 4.74 Å². The predicted molar refractivity (Wildman–Crippen MR) is 56.7 cm³/mol. The van der Waals surface area contributed by atoms with Crippen LogP contribution in [0.1, 0.15) is 12.8 Å². The molecular weight excluding hydrogens is 188 g/mol. The molecule has 78 valence electrons. The summed E-state index contributed by atoms with van der Waals surface area (Å²) < 4.78 is 5.28. The Hall–Kier alpha value is -1.31. The van der Waals surface area contributed by atoms with Crippen LogP contribution in [0, 0.1) is 23.7 Å². The summed E-state index contributed by atoms with van der Waals surface area (Å²) in [6.07, 6.45) is 10.3. The van der Waals surface area contributed by atoms with Gasteiger partial charge in [0.15, 0.2) is 0 Å². The van der Waals surface area contributed by atoms with E-state index in [1.54, 1.807) is 0 Å². The predicted octanol–water partition coefficient (Wildman–Crippen LogP) is 2.44. The number of hydrogen-bond acceptors (Lipinski definition) is 2. The molecule has 0 aliphatic heterocycles. The van der Waals surface area contributed by atoms with Crippen molar-refractivity contribution in [1.29, 1.82) is 0 Å². The molecule has 0 saturated heterocycles. The fourth-order valence-corrected chi connectivity index (χ4v) is 3.32. The van der Waals surface area contributed by atoms with Crippen LogP contribution in [0.5, 0.6) is 0 Å². The van der Waals surface area contributed by atoms with Crippen molar-refractivity contribution in [2.24, 2.45) is 23.7 Å². The van der Waals surface area contributed by atoms with Crippen LogP contribution in [-0.2, 0) is 9.53 Å². The SMILES string of the molecule is C=CC(=O)OC1=CC2CC1C1CC=CC21. The third-order valence-corrected chi connectivity index (χ3v) is 3.93. The quantitative estimate of drug-likeness (QED) is 0.390. The van der Waals surface area contributed by atoms with Gasteiger partial charge >= 0.3 is 5.97 Å². The molecule has 0 aromatic heterocycles. The standard InChI is InChI=1S/C13H14O2/c1-2-13(14)15-12-7-8-6-11(12)10-5-3-4-9(8)10/h2-4,7-11H,1,5-6H2. The minimum absolute atomic E-state index is 0.323. The van der Waals surface area contributed by atoms with E-state index in [-0.39, 0.29) is 5.97 Å². The van der Waals surface area contributed by atoms with E-state index < -0.39 is 0 Å². The molecule has 15 heavy (non-hydrogen) atoms. The zero-order valence-corrected chi connectivity index (χ0v) is 8.56. The molecule has 3 aliphatic carbocycles. The van der Waals surface area contributed by atoms with E-state index in [1.807, 2.05) is 0 Å². The minimum atomic E-state index is -0.323. The van der Waals surface area contributed by atoms with Gasteiger partial charge in [0, 0.05) is 12.0 Å². The molecule has 3 rings (SSSR count). The number of allylic oxidation sites excluding steroid dienone is 4. The van der Waals surface area contributed by atoms with Gasteiger partial charge in [0.25, 0.3) is 0 Å². The second-order valence-corrected chi connectivity index (χ2v) is 4.61. The lowest BCUT2D eigenvalue weighted by molar-refractivity contribution is -0.134. The zero-order chi connectivity index (χ0) is 10.4. The molecular formula is C13H14O2. The number of hydrogen-bond donors (Lipinski definition) is 0. The lowest BCUT2D eigenvalue weighted by Gasteiger charge is -2.23. The molecule has 0 aromatic carbocycles. The molecule has 0 aromatic rings. The van der Waals surface area contributed by atoms with Crippen molar-refractivity contribution < 1.29 is 9.53 Å². The lowest BCUT2D eigenvalue weighted by atomic mass is 9.85. The van der Waals surface area contributed by atoms with Crippen LogP contribution in [0.2, 0.25) is 0 Å². The van der Waals surface area contributed by atoms with Gasteiger partial charge in [-0.2, -0.15) is 0 Å². The Balaban J connectivity index is 1.79. The van der Waals surface area contributed by atoms with Gasteiger partial charge in [-0.15, -0.1) is 0 Å². The fraction of sp³-hybridized carbons (Fsp3) is 0.462. The number of rotatable bonds is 2. The smallest absolute Gasteiger partial charge is 0.335 e. The highest BCUT2D eigenvalue weighted by atomic mass is 16.5. The van der Waals surface area contributed by atoms with Gasteiger partial charge in [0.05, 0.1) is 0 Å². The third kappa shape index (κ3) is 1.21. The maximum atomic E-state index is 11.1. The largest absolute Gasteiger partial charge is 0.428 e. The molecule has 0 radical (unpaired) electrons. The van der Waals surface area contributed by atoms with Gasteiger partial charge in [-0.1, -0.05) is 18.7 Å². The highest BCUT2D eigenvalue weighted by Gasteiger charge is 2.49. The van der Waals surface area contributed by atoms with E-state index >= 15 is 0 Å². The summed E-state index contributed by atoms with van der Waals surface area (Å²) in [4.78, 5) is 11.1. The van der Waals surface area contributed by atoms with E-state index in [4.69, 9.17) is 4.74 Å². The van der Waals surface area contributed by atoms with Crippen LogP contribution in [0.25, 0.3) is 0 Å². The Morgan fingerprint density at radius 3 is 3.27 bits per heavy atom. The average molecular weight is 202 g/mol. The second kappa shape index (κ2) is 3.09. The summed E-state index contributed by atoms with van der Waals surface area (Å²) in [7, 11) is 0. The van der Waals surface area contributed by atoms with E-state index in [0.717, 1.165) is 12.2 Å². The first-order valence-corrected chi connectivity index (χ1v) is 5.52. The maximum Gasteiger partial charge on any atom is 0.335 e. The second-order valence-electron chi connectivity index (χ2n) is 4.61. The maximum absolute atomic E-state index is 11.1. The van der Waals surface area contributed by atoms with Crippen molar-refractivity contribution >= 4 is 5.97 Å². The number of carbonyl (C=O) groups is 1. The van der Waals surface area contributed by atoms with Crippen molar-refractivity contribution in [3.63, 3.8) is 0 Å². The molecule has 2 nitrogen and oxygen atoms in total. The molecule has 0 spiro atoms. The number of esters is 1. The summed E-state index contributed by atoms with van der Waals surface area (Å²) in [6.45, 7) is 3.42. The average Bonchev–Trinajstić information content (AvgIpc) is 2.87. The van der Waals surface area contributed by atoms with Gasteiger partial charge in [0.1, 0.15) is 5.76 Å². The molecule has 4 atom stereocenters. The highest BCUT2D eigenvalue weighted by Crippen LogP contribution is 2.55. The van der Waals surface area contributed by atoms with E-state index in [1.165, 1.54) is 12.5 Å². The zero-order valence-electron chi connectivity index (χ0n) is 8.56. The van der Waals surface area contributed by atoms with Crippen molar-refractivity contribution in [3.8, 4) is 0 Å². The van der Waals surface area contributed by atoms with Crippen LogP contribution < -0.4 is 0 Å². The van der Waals surface area contributed by atoms with E-state index in [9.17, 15) is 4.79 Å². The minimum Gasteiger partial charge on any atom is -0.428 e. The Morgan fingerprint density at radius 2 is 2.47 bits per heavy atom. The fourth-order valence-electron chi connectivity index (χ4n) is 3.32. The molecule has 0 N–H and O–H groups in total. The number of fused-ring (bicyclic) bond motifs is 5. The van der Waals surface area contributed by atoms with Crippen LogP contribution in [0.15, 0.2) is 36.6 Å². The van der Waals surface area contributed by atoms with Crippen LogP contribution in [0.3, 0.4) is 0 Å². The van der Waals surface area contributed by atoms with Crippen molar-refractivity contribution in [2.45, 2.75) is 12.8 Å². The molecule has 1 saturated carbocycles. The van der Waals surface area contributed by atoms with Gasteiger partial charge in [-0.05, 0) is 36.7 Å². The third-order valence-electron chi connectivity index (χ3n) is 3.93. The summed E-state index contributed by atoms with van der Waals surface area (Å²) in [5.41, 5.74) is 0. The molecule has 4 unspecified atom stereocenters. The van der Waals surface area contributed by atoms with Crippen molar-refractivity contribution in [1.82, 2.24) is 0 Å². The van der Waals surface area contributed by atoms with Gasteiger partial charge in [-0.25, -0.2) is 4.79 Å². The first kappa shape index (κ1) is 8.96. The molecule has 1 fully saturated rings. The molecule has 2 heteroatoms. The van der Waals surface area contributed by atoms with Crippen LogP contribution in [-0.4, -0.2) is 5.97 Å². The van der Waals surface area contributed by atoms with Crippen molar-refractivity contribution in [2.75, 3.05) is 0 Å². The van der Waals surface area contributed by atoms with E-state index in [0.29, 0.717) is 23.7 Å². The van der Waals surface area contributed by atoms with Gasteiger partial charge in [0.2, 0.25) is 0 Å². The molecule has 0 amide bonds.